The maximum Gasteiger partial charge on any atom is 0.173 e. The number of hydrogen-bond donors (Lipinski definition) is 2. The van der Waals surface area contributed by atoms with Gasteiger partial charge in [-0.25, -0.2) is 18.7 Å². The predicted molar refractivity (Wildman–Crippen MR) is 106 cm³/mol. The quantitative estimate of drug-likeness (QED) is 0.387. The van der Waals surface area contributed by atoms with E-state index in [9.17, 15) is 8.78 Å². The van der Waals surface area contributed by atoms with Gasteiger partial charge in [0.1, 0.15) is 11.3 Å². The van der Waals surface area contributed by atoms with Crippen LogP contribution in [0, 0.1) is 17.0 Å². The Labute approximate surface area is 175 Å². The number of hydrogen-bond acceptors (Lipinski definition) is 3. The molecule has 2 N–H and O–H groups in total. The highest BCUT2D eigenvalue weighted by atomic mass is 79.9. The summed E-state index contributed by atoms with van der Waals surface area (Å²) in [7, 11) is 0. The van der Waals surface area contributed by atoms with Crippen LogP contribution in [0.1, 0.15) is 5.56 Å². The lowest BCUT2D eigenvalue weighted by Crippen LogP contribution is -2.13. The fraction of sp³-hybridized carbons (Fsp3) is 0.0556. The molecule has 0 fully saturated rings. The molecule has 2 heterocycles. The summed E-state index contributed by atoms with van der Waals surface area (Å²) in [5, 5.41) is 9.01. The molecular weight excluding hydrogens is 475 g/mol. The molecule has 10 heteroatoms. The van der Waals surface area contributed by atoms with E-state index in [-0.39, 0.29) is 17.9 Å². The molecule has 0 atom stereocenters. The van der Waals surface area contributed by atoms with Crippen molar-refractivity contribution in [3.8, 4) is 11.4 Å². The fourth-order valence-corrected chi connectivity index (χ4v) is 3.80. The standard InChI is InChI=1S/C18H10BrCl2F2N5/c19-10-5-14(23)13(22)4-8(10)17-26-15-16(24)25-7-28(18(15)27-17)6-9-11(20)2-1-3-12(9)21/h1-5,7,24H,6H2,(H,26,27). The Morgan fingerprint density at radius 2 is 1.82 bits per heavy atom. The summed E-state index contributed by atoms with van der Waals surface area (Å²) in [5.41, 5.74) is 1.71. The summed E-state index contributed by atoms with van der Waals surface area (Å²) in [5.74, 6) is -1.71. The van der Waals surface area contributed by atoms with E-state index in [0.29, 0.717) is 36.8 Å². The molecule has 4 rings (SSSR count). The smallest absolute Gasteiger partial charge is 0.173 e. The van der Waals surface area contributed by atoms with Gasteiger partial charge in [0.05, 0.1) is 12.9 Å². The minimum Gasteiger partial charge on any atom is -0.333 e. The van der Waals surface area contributed by atoms with Crippen molar-refractivity contribution in [2.45, 2.75) is 6.54 Å². The average Bonchev–Trinajstić information content (AvgIpc) is 3.09. The highest BCUT2D eigenvalue weighted by Crippen LogP contribution is 2.30. The Morgan fingerprint density at radius 1 is 1.14 bits per heavy atom. The minimum absolute atomic E-state index is 0.0334. The van der Waals surface area contributed by atoms with Crippen LogP contribution >= 0.6 is 39.1 Å². The molecule has 2 aromatic heterocycles. The number of imidazole rings is 1. The Hall–Kier alpha value is -2.29. The van der Waals surface area contributed by atoms with Crippen molar-refractivity contribution < 1.29 is 8.78 Å². The molecule has 0 aliphatic rings. The molecule has 5 nitrogen and oxygen atoms in total. The molecule has 4 aromatic rings. The van der Waals surface area contributed by atoms with Gasteiger partial charge in [-0.1, -0.05) is 29.3 Å². The summed E-state index contributed by atoms with van der Waals surface area (Å²) < 4.78 is 29.1. The molecule has 0 amide bonds. The molecule has 28 heavy (non-hydrogen) atoms. The Bertz CT molecular complexity index is 1260. The van der Waals surface area contributed by atoms with Gasteiger partial charge in [0.25, 0.3) is 0 Å². The number of aromatic nitrogens is 4. The van der Waals surface area contributed by atoms with E-state index in [1.165, 1.54) is 6.33 Å². The molecule has 0 unspecified atom stereocenters. The van der Waals surface area contributed by atoms with E-state index in [1.807, 2.05) is 0 Å². The van der Waals surface area contributed by atoms with E-state index >= 15 is 0 Å². The van der Waals surface area contributed by atoms with Gasteiger partial charge in [-0.05, 0) is 40.2 Å². The van der Waals surface area contributed by atoms with Gasteiger partial charge in [0.15, 0.2) is 22.8 Å². The molecular formula is C18H10BrCl2F2N5. The maximum atomic E-state index is 13.7. The zero-order valence-electron chi connectivity index (χ0n) is 13.9. The van der Waals surface area contributed by atoms with E-state index in [1.54, 1.807) is 22.8 Å². The number of nitrogens with zero attached hydrogens (tertiary/aromatic N) is 3. The zero-order chi connectivity index (χ0) is 20.0. The summed E-state index contributed by atoms with van der Waals surface area (Å²) >= 11 is 15.7. The number of rotatable bonds is 3. The minimum atomic E-state index is -1.00. The highest BCUT2D eigenvalue weighted by Gasteiger charge is 2.16. The fourth-order valence-electron chi connectivity index (χ4n) is 2.78. The number of fused-ring (bicyclic) bond motifs is 1. The monoisotopic (exact) mass is 483 g/mol. The van der Waals surface area contributed by atoms with Crippen molar-refractivity contribution >= 4 is 50.3 Å². The van der Waals surface area contributed by atoms with E-state index in [2.05, 4.69) is 30.9 Å². The van der Waals surface area contributed by atoms with Crippen LogP contribution in [0.25, 0.3) is 22.6 Å². The summed E-state index contributed by atoms with van der Waals surface area (Å²) in [6.07, 6.45) is 1.45. The summed E-state index contributed by atoms with van der Waals surface area (Å²) in [6, 6.07) is 7.24. The SMILES string of the molecule is N=c1ncn(Cc2c(Cl)cccc2Cl)c2nc(-c3cc(F)c(F)cc3Br)[nH]c12. The number of aromatic amines is 1. The predicted octanol–water partition coefficient (Wildman–Crippen LogP) is 5.30. The van der Waals surface area contributed by atoms with Gasteiger partial charge in [-0.2, -0.15) is 0 Å². The second-order valence-corrected chi connectivity index (χ2v) is 7.62. The van der Waals surface area contributed by atoms with Crippen LogP contribution < -0.4 is 5.49 Å². The Morgan fingerprint density at radius 3 is 2.54 bits per heavy atom. The van der Waals surface area contributed by atoms with Crippen LogP contribution in [0.4, 0.5) is 8.78 Å². The first-order chi connectivity index (χ1) is 13.3. The third-order valence-electron chi connectivity index (χ3n) is 4.18. The van der Waals surface area contributed by atoms with Crippen LogP contribution in [-0.2, 0) is 6.54 Å². The van der Waals surface area contributed by atoms with Crippen molar-refractivity contribution in [3.05, 3.63) is 73.9 Å². The molecule has 0 aliphatic carbocycles. The molecule has 0 radical (unpaired) electrons. The highest BCUT2D eigenvalue weighted by molar-refractivity contribution is 9.10. The first-order valence-corrected chi connectivity index (χ1v) is 9.47. The molecule has 0 saturated carbocycles. The number of halogens is 5. The maximum absolute atomic E-state index is 13.7. The van der Waals surface area contributed by atoms with Gasteiger partial charge in [0, 0.05) is 25.6 Å². The number of benzene rings is 2. The largest absolute Gasteiger partial charge is 0.333 e. The molecule has 0 spiro atoms. The normalized spacial score (nSPS) is 11.3. The third kappa shape index (κ3) is 3.32. The second-order valence-electron chi connectivity index (χ2n) is 5.95. The van der Waals surface area contributed by atoms with Crippen molar-refractivity contribution in [1.82, 2.24) is 19.5 Å². The van der Waals surface area contributed by atoms with E-state index < -0.39 is 11.6 Å². The first-order valence-electron chi connectivity index (χ1n) is 7.92. The molecule has 0 saturated heterocycles. The molecule has 0 bridgehead atoms. The first kappa shape index (κ1) is 19.0. The van der Waals surface area contributed by atoms with Crippen LogP contribution in [0.2, 0.25) is 10.0 Å². The second kappa shape index (κ2) is 7.27. The van der Waals surface area contributed by atoms with Gasteiger partial charge >= 0.3 is 0 Å². The van der Waals surface area contributed by atoms with Crippen molar-refractivity contribution in [2.75, 3.05) is 0 Å². The topological polar surface area (TPSA) is 70.3 Å². The summed E-state index contributed by atoms with van der Waals surface area (Å²) in [4.78, 5) is 11.5. The summed E-state index contributed by atoms with van der Waals surface area (Å²) in [6.45, 7) is 0.269. The van der Waals surface area contributed by atoms with Crippen molar-refractivity contribution in [1.29, 1.82) is 5.41 Å². The lowest BCUT2D eigenvalue weighted by molar-refractivity contribution is 0.508. The average molecular weight is 485 g/mol. The lowest BCUT2D eigenvalue weighted by Gasteiger charge is -2.10. The van der Waals surface area contributed by atoms with Gasteiger partial charge in [-0.3, -0.25) is 5.41 Å². The van der Waals surface area contributed by atoms with Crippen molar-refractivity contribution in [3.63, 3.8) is 0 Å². The van der Waals surface area contributed by atoms with Crippen LogP contribution in [-0.4, -0.2) is 19.5 Å². The number of H-pyrrole nitrogens is 1. The van der Waals surface area contributed by atoms with Gasteiger partial charge in [-0.15, -0.1) is 0 Å². The van der Waals surface area contributed by atoms with Crippen molar-refractivity contribution in [2.24, 2.45) is 0 Å². The van der Waals surface area contributed by atoms with Gasteiger partial charge < -0.3 is 9.55 Å². The zero-order valence-corrected chi connectivity index (χ0v) is 17.0. The van der Waals surface area contributed by atoms with Crippen LogP contribution in [0.3, 0.4) is 0 Å². The van der Waals surface area contributed by atoms with Gasteiger partial charge in [0.2, 0.25) is 0 Å². The lowest BCUT2D eigenvalue weighted by atomic mass is 10.2. The Balaban J connectivity index is 1.89. The van der Waals surface area contributed by atoms with E-state index in [0.717, 1.165) is 12.1 Å². The molecule has 142 valence electrons. The van der Waals surface area contributed by atoms with Crippen LogP contribution in [0.5, 0.6) is 0 Å². The number of nitrogens with one attached hydrogen (secondary N) is 2. The third-order valence-corrected chi connectivity index (χ3v) is 5.54. The molecule has 0 aliphatic heterocycles. The molecule has 2 aromatic carbocycles. The van der Waals surface area contributed by atoms with Crippen LogP contribution in [0.15, 0.2) is 41.1 Å². The van der Waals surface area contributed by atoms with E-state index in [4.69, 9.17) is 28.6 Å². The Kier molecular flexibility index (Phi) is 4.95.